The second kappa shape index (κ2) is 8.91. The smallest absolute Gasteiger partial charge is 0.252 e. The SMILES string of the molecule is COc1c(CC#N)c2c(c3c1OC(C)(C)C3)C(c1cccc(C(=O)NC(C)(C)C(N)=O)c1)=NC(C)(C)C2. The topological polar surface area (TPSA) is 127 Å². The van der Waals surface area contributed by atoms with Crippen LogP contribution in [0.5, 0.6) is 11.5 Å². The number of nitriles is 1. The van der Waals surface area contributed by atoms with Crippen LogP contribution in [0.25, 0.3) is 0 Å². The van der Waals surface area contributed by atoms with Crippen molar-refractivity contribution in [3.63, 3.8) is 0 Å². The van der Waals surface area contributed by atoms with Crippen LogP contribution < -0.4 is 20.5 Å². The molecule has 3 N–H and O–H groups in total. The molecule has 0 radical (unpaired) electrons. The van der Waals surface area contributed by atoms with Crippen LogP contribution in [0.2, 0.25) is 0 Å². The molecule has 2 aliphatic rings. The van der Waals surface area contributed by atoms with E-state index in [2.05, 4.69) is 25.2 Å². The highest BCUT2D eigenvalue weighted by molar-refractivity contribution is 6.17. The number of rotatable bonds is 6. The molecule has 0 atom stereocenters. The number of ether oxygens (including phenoxy) is 2. The Balaban J connectivity index is 1.93. The Labute approximate surface area is 217 Å². The van der Waals surface area contributed by atoms with Crippen molar-refractivity contribution >= 4 is 17.5 Å². The van der Waals surface area contributed by atoms with Crippen molar-refractivity contribution < 1.29 is 19.1 Å². The molecule has 8 heteroatoms. The van der Waals surface area contributed by atoms with Crippen molar-refractivity contribution in [2.45, 2.75) is 77.5 Å². The number of nitrogens with zero attached hydrogens (tertiary/aromatic N) is 2. The monoisotopic (exact) mass is 502 g/mol. The van der Waals surface area contributed by atoms with Gasteiger partial charge >= 0.3 is 0 Å². The van der Waals surface area contributed by atoms with Gasteiger partial charge in [-0.3, -0.25) is 14.6 Å². The van der Waals surface area contributed by atoms with Crippen LogP contribution in [0, 0.1) is 11.3 Å². The van der Waals surface area contributed by atoms with Crippen molar-refractivity contribution in [2.75, 3.05) is 7.11 Å². The van der Waals surface area contributed by atoms with E-state index in [-0.39, 0.29) is 6.42 Å². The Bertz CT molecular complexity index is 1380. The molecule has 37 heavy (non-hydrogen) atoms. The van der Waals surface area contributed by atoms with E-state index in [4.69, 9.17) is 20.2 Å². The molecule has 2 amide bonds. The fraction of sp³-hybridized carbons (Fsp3) is 0.448. The van der Waals surface area contributed by atoms with Gasteiger partial charge in [0.05, 0.1) is 30.9 Å². The summed E-state index contributed by atoms with van der Waals surface area (Å²) in [6.07, 6.45) is 1.47. The second-order valence-electron chi connectivity index (χ2n) is 11.5. The number of nitrogens with two attached hydrogens (primary N) is 1. The van der Waals surface area contributed by atoms with Crippen molar-refractivity contribution in [3.05, 3.63) is 57.6 Å². The van der Waals surface area contributed by atoms with Crippen molar-refractivity contribution in [3.8, 4) is 17.6 Å². The number of primary amides is 1. The zero-order chi connectivity index (χ0) is 27.3. The highest BCUT2D eigenvalue weighted by Crippen LogP contribution is 2.50. The third-order valence-corrected chi connectivity index (χ3v) is 6.86. The summed E-state index contributed by atoms with van der Waals surface area (Å²) in [6, 6.07) is 9.47. The number of aliphatic imine (C=N–C) groups is 1. The fourth-order valence-electron chi connectivity index (χ4n) is 5.10. The van der Waals surface area contributed by atoms with E-state index in [0.717, 1.165) is 33.5 Å². The first-order valence-electron chi connectivity index (χ1n) is 12.3. The highest BCUT2D eigenvalue weighted by atomic mass is 16.5. The van der Waals surface area contributed by atoms with Gasteiger partial charge < -0.3 is 20.5 Å². The van der Waals surface area contributed by atoms with Crippen molar-refractivity contribution in [1.82, 2.24) is 5.32 Å². The summed E-state index contributed by atoms with van der Waals surface area (Å²) in [6.45, 7) is 11.3. The Kier molecular flexibility index (Phi) is 6.31. The van der Waals surface area contributed by atoms with Gasteiger partial charge in [-0.15, -0.1) is 0 Å². The summed E-state index contributed by atoms with van der Waals surface area (Å²) in [5, 5.41) is 12.4. The van der Waals surface area contributed by atoms with Crippen LogP contribution in [0.15, 0.2) is 29.3 Å². The summed E-state index contributed by atoms with van der Waals surface area (Å²) in [5.41, 5.74) is 9.02. The number of carbonyl (C=O) groups excluding carboxylic acids is 2. The number of hydrogen-bond donors (Lipinski definition) is 2. The molecule has 0 aromatic heterocycles. The molecule has 194 valence electrons. The first-order valence-corrected chi connectivity index (χ1v) is 12.3. The molecule has 0 spiro atoms. The van der Waals surface area contributed by atoms with Crippen LogP contribution >= 0.6 is 0 Å². The number of benzene rings is 2. The minimum absolute atomic E-state index is 0.177. The first kappa shape index (κ1) is 26.2. The average molecular weight is 503 g/mol. The second-order valence-corrected chi connectivity index (χ2v) is 11.5. The maximum atomic E-state index is 13.0. The van der Waals surface area contributed by atoms with Gasteiger partial charge in [-0.25, -0.2) is 0 Å². The van der Waals surface area contributed by atoms with Crippen molar-refractivity contribution in [1.29, 1.82) is 5.26 Å². The normalized spacial score (nSPS) is 17.0. The lowest BCUT2D eigenvalue weighted by atomic mass is 9.78. The van der Waals surface area contributed by atoms with Crippen LogP contribution in [-0.4, -0.2) is 41.3 Å². The molecule has 4 rings (SSSR count). The number of methoxy groups -OCH3 is 1. The standard InChI is InChI=1S/C29H34N4O4/c1-27(2)14-19-18(11-12-30)23(36-7)24-20(15-28(3,4)37-24)21(19)22(32-27)16-9-8-10-17(13-16)25(34)33-29(5,6)26(31)35/h8-10,13H,11,14-15H2,1-7H3,(H2,31,35)(H,33,34). The molecule has 0 bridgehead atoms. The van der Waals surface area contributed by atoms with Gasteiger partial charge in [-0.2, -0.15) is 5.26 Å². The van der Waals surface area contributed by atoms with Gasteiger partial charge in [0.15, 0.2) is 11.5 Å². The number of fused-ring (bicyclic) bond motifs is 3. The van der Waals surface area contributed by atoms with Crippen LogP contribution in [-0.2, 0) is 24.1 Å². The summed E-state index contributed by atoms with van der Waals surface area (Å²) in [7, 11) is 1.61. The zero-order valence-electron chi connectivity index (χ0n) is 22.5. The lowest BCUT2D eigenvalue weighted by Crippen LogP contribution is -2.53. The predicted octanol–water partition coefficient (Wildman–Crippen LogP) is 3.64. The van der Waals surface area contributed by atoms with E-state index >= 15 is 0 Å². The third kappa shape index (κ3) is 4.78. The third-order valence-electron chi connectivity index (χ3n) is 6.86. The van der Waals surface area contributed by atoms with Gasteiger partial charge in [0.1, 0.15) is 11.1 Å². The van der Waals surface area contributed by atoms with Gasteiger partial charge in [-0.1, -0.05) is 12.1 Å². The minimum Gasteiger partial charge on any atom is -0.493 e. The van der Waals surface area contributed by atoms with E-state index in [1.807, 2.05) is 19.9 Å². The summed E-state index contributed by atoms with van der Waals surface area (Å²) in [4.78, 5) is 29.9. The Morgan fingerprint density at radius 1 is 1.22 bits per heavy atom. The highest BCUT2D eigenvalue weighted by Gasteiger charge is 2.42. The van der Waals surface area contributed by atoms with Gasteiger partial charge in [-0.05, 0) is 65.7 Å². The molecule has 2 aromatic carbocycles. The van der Waals surface area contributed by atoms with E-state index in [1.54, 1.807) is 39.2 Å². The number of hydrogen-bond acceptors (Lipinski definition) is 6. The molecule has 2 aliphatic heterocycles. The van der Waals surface area contributed by atoms with Crippen LogP contribution in [0.4, 0.5) is 0 Å². The molecule has 0 saturated heterocycles. The molecular formula is C29H34N4O4. The van der Waals surface area contributed by atoms with Crippen molar-refractivity contribution in [2.24, 2.45) is 10.7 Å². The van der Waals surface area contributed by atoms with Gasteiger partial charge in [0.25, 0.3) is 5.91 Å². The maximum Gasteiger partial charge on any atom is 0.252 e. The quantitative estimate of drug-likeness (QED) is 0.624. The summed E-state index contributed by atoms with van der Waals surface area (Å²) < 4.78 is 12.2. The fourth-order valence-corrected chi connectivity index (χ4v) is 5.10. The molecule has 0 unspecified atom stereocenters. The molecule has 2 aromatic rings. The summed E-state index contributed by atoms with van der Waals surface area (Å²) >= 11 is 0. The van der Waals surface area contributed by atoms with Gasteiger partial charge in [0.2, 0.25) is 5.91 Å². The Morgan fingerprint density at radius 2 is 1.92 bits per heavy atom. The summed E-state index contributed by atoms with van der Waals surface area (Å²) in [5.74, 6) is 0.235. The van der Waals surface area contributed by atoms with Gasteiger partial charge in [0, 0.05) is 34.2 Å². The number of nitrogens with one attached hydrogen (secondary N) is 1. The first-order chi connectivity index (χ1) is 17.2. The van der Waals surface area contributed by atoms with E-state index in [1.165, 1.54) is 0 Å². The predicted molar refractivity (Wildman–Crippen MR) is 141 cm³/mol. The molecular weight excluding hydrogens is 468 g/mol. The number of amides is 2. The lowest BCUT2D eigenvalue weighted by molar-refractivity contribution is -0.122. The molecule has 0 aliphatic carbocycles. The van der Waals surface area contributed by atoms with E-state index in [0.29, 0.717) is 29.9 Å². The zero-order valence-corrected chi connectivity index (χ0v) is 22.5. The Hall–Kier alpha value is -3.86. The molecule has 0 saturated carbocycles. The van der Waals surface area contributed by atoms with E-state index in [9.17, 15) is 14.9 Å². The Morgan fingerprint density at radius 3 is 2.54 bits per heavy atom. The van der Waals surface area contributed by atoms with Crippen LogP contribution in [0.1, 0.15) is 79.7 Å². The molecule has 2 heterocycles. The molecule has 0 fully saturated rings. The average Bonchev–Trinajstić information content (AvgIpc) is 3.12. The lowest BCUT2D eigenvalue weighted by Gasteiger charge is -2.33. The van der Waals surface area contributed by atoms with E-state index < -0.39 is 28.5 Å². The largest absolute Gasteiger partial charge is 0.493 e. The minimum atomic E-state index is -1.20. The number of carbonyl (C=O) groups is 2. The van der Waals surface area contributed by atoms with Crippen LogP contribution in [0.3, 0.4) is 0 Å². The maximum absolute atomic E-state index is 13.0. The molecule has 8 nitrogen and oxygen atoms in total.